The molecule has 1 unspecified atom stereocenters. The molecule has 1 rings (SSSR count). The number of aryl methyl sites for hydroxylation is 1. The first-order valence-electron chi connectivity index (χ1n) is 8.78. The van der Waals surface area contributed by atoms with Gasteiger partial charge in [-0.15, -0.1) is 0 Å². The number of carbonyl (C=O) groups excluding carboxylic acids is 1. The zero-order valence-corrected chi connectivity index (χ0v) is 16.7. The Morgan fingerprint density at radius 1 is 1.15 bits per heavy atom. The van der Waals surface area contributed by atoms with Crippen molar-refractivity contribution in [3.8, 4) is 0 Å². The van der Waals surface area contributed by atoms with Crippen LogP contribution in [0.2, 0.25) is 0 Å². The van der Waals surface area contributed by atoms with Gasteiger partial charge in [-0.2, -0.15) is 0 Å². The Bertz CT molecular complexity index is 717. The highest BCUT2D eigenvalue weighted by molar-refractivity contribution is 7.91. The number of hydrogen-bond acceptors (Lipinski definition) is 4. The molecule has 7 heteroatoms. The summed E-state index contributed by atoms with van der Waals surface area (Å²) >= 11 is 0. The van der Waals surface area contributed by atoms with E-state index in [1.807, 2.05) is 20.8 Å². The number of carboxylic acids is 1. The zero-order valence-electron chi connectivity index (χ0n) is 15.9. The van der Waals surface area contributed by atoms with E-state index in [1.54, 1.807) is 19.1 Å². The van der Waals surface area contributed by atoms with Gasteiger partial charge >= 0.3 is 5.97 Å². The first-order chi connectivity index (χ1) is 11.9. The minimum atomic E-state index is -3.23. The predicted octanol–water partition coefficient (Wildman–Crippen LogP) is 2.81. The molecular formula is C19H29NO5S. The third-order valence-electron chi connectivity index (χ3n) is 4.12. The molecule has 0 saturated carbocycles. The van der Waals surface area contributed by atoms with Crippen molar-refractivity contribution in [1.82, 2.24) is 5.32 Å². The molecule has 0 aliphatic rings. The van der Waals surface area contributed by atoms with E-state index in [2.05, 4.69) is 5.32 Å². The third-order valence-corrected chi connectivity index (χ3v) is 5.87. The molecule has 0 heterocycles. The maximum atomic E-state index is 12.1. The summed E-state index contributed by atoms with van der Waals surface area (Å²) in [5.41, 5.74) is 0.829. The lowest BCUT2D eigenvalue weighted by atomic mass is 9.88. The van der Waals surface area contributed by atoms with Crippen molar-refractivity contribution in [2.24, 2.45) is 5.41 Å². The van der Waals surface area contributed by atoms with Gasteiger partial charge < -0.3 is 10.4 Å². The van der Waals surface area contributed by atoms with Crippen LogP contribution in [0.5, 0.6) is 0 Å². The van der Waals surface area contributed by atoms with E-state index >= 15 is 0 Å². The summed E-state index contributed by atoms with van der Waals surface area (Å²) in [4.78, 5) is 23.6. The van der Waals surface area contributed by atoms with Gasteiger partial charge in [0.2, 0.25) is 5.91 Å². The molecule has 0 fully saturated rings. The fourth-order valence-corrected chi connectivity index (χ4v) is 3.27. The SMILES string of the molecule is CCS(=O)(=O)c1ccc(CCC(=O)NC(CCC(C)(C)C)C(=O)O)cc1. The maximum Gasteiger partial charge on any atom is 0.326 e. The van der Waals surface area contributed by atoms with E-state index in [1.165, 1.54) is 12.1 Å². The van der Waals surface area contributed by atoms with Crippen LogP contribution >= 0.6 is 0 Å². The molecule has 0 spiro atoms. The molecule has 1 aromatic rings. The van der Waals surface area contributed by atoms with Crippen molar-refractivity contribution in [3.63, 3.8) is 0 Å². The van der Waals surface area contributed by atoms with Gasteiger partial charge in [0.25, 0.3) is 0 Å². The molecule has 2 N–H and O–H groups in total. The van der Waals surface area contributed by atoms with Crippen LogP contribution < -0.4 is 5.32 Å². The molecule has 0 aromatic heterocycles. The minimum Gasteiger partial charge on any atom is -0.480 e. The quantitative estimate of drug-likeness (QED) is 0.683. The second-order valence-corrected chi connectivity index (χ2v) is 9.88. The molecule has 0 aliphatic heterocycles. The number of nitrogens with one attached hydrogen (secondary N) is 1. The highest BCUT2D eigenvalue weighted by atomic mass is 32.2. The molecule has 0 bridgehead atoms. The first-order valence-corrected chi connectivity index (χ1v) is 10.4. The summed E-state index contributed by atoms with van der Waals surface area (Å²) < 4.78 is 23.6. The summed E-state index contributed by atoms with van der Waals surface area (Å²) in [6, 6.07) is 5.55. The van der Waals surface area contributed by atoms with Crippen molar-refractivity contribution in [1.29, 1.82) is 0 Å². The van der Waals surface area contributed by atoms with Crippen LogP contribution in [-0.2, 0) is 25.8 Å². The Labute approximate surface area is 155 Å². The van der Waals surface area contributed by atoms with E-state index in [4.69, 9.17) is 0 Å². The molecule has 0 radical (unpaired) electrons. The van der Waals surface area contributed by atoms with Gasteiger partial charge in [0.05, 0.1) is 10.6 Å². The number of amides is 1. The van der Waals surface area contributed by atoms with Crippen molar-refractivity contribution < 1.29 is 23.1 Å². The number of carboxylic acid groups (broad SMARTS) is 1. The van der Waals surface area contributed by atoms with Gasteiger partial charge in [-0.05, 0) is 42.4 Å². The molecule has 1 atom stereocenters. The zero-order chi connectivity index (χ0) is 20.0. The number of benzene rings is 1. The number of sulfone groups is 1. The number of carbonyl (C=O) groups is 2. The van der Waals surface area contributed by atoms with Crippen LogP contribution in [0.1, 0.15) is 52.5 Å². The van der Waals surface area contributed by atoms with E-state index in [0.717, 1.165) is 5.56 Å². The summed E-state index contributed by atoms with van der Waals surface area (Å²) in [6.45, 7) is 7.66. The Morgan fingerprint density at radius 3 is 2.19 bits per heavy atom. The van der Waals surface area contributed by atoms with Crippen molar-refractivity contribution in [2.75, 3.05) is 5.75 Å². The second-order valence-electron chi connectivity index (χ2n) is 7.61. The van der Waals surface area contributed by atoms with Crippen LogP contribution in [0, 0.1) is 5.41 Å². The fraction of sp³-hybridized carbons (Fsp3) is 0.579. The van der Waals surface area contributed by atoms with E-state index in [9.17, 15) is 23.1 Å². The summed E-state index contributed by atoms with van der Waals surface area (Å²) in [6.07, 6.45) is 1.65. The van der Waals surface area contributed by atoms with Crippen LogP contribution in [0.3, 0.4) is 0 Å². The highest BCUT2D eigenvalue weighted by Gasteiger charge is 2.22. The Hall–Kier alpha value is -1.89. The average molecular weight is 384 g/mol. The molecule has 26 heavy (non-hydrogen) atoms. The molecule has 1 amide bonds. The lowest BCUT2D eigenvalue weighted by Crippen LogP contribution is -2.41. The molecular weight excluding hydrogens is 354 g/mol. The molecule has 0 aliphatic carbocycles. The standard InChI is InChI=1S/C19H29NO5S/c1-5-26(24,25)15-9-6-14(7-10-15)8-11-17(21)20-16(18(22)23)12-13-19(2,3)4/h6-7,9-10,16H,5,8,11-13H2,1-4H3,(H,20,21)(H,22,23). The van der Waals surface area contributed by atoms with Crippen LogP contribution in [0.4, 0.5) is 0 Å². The first kappa shape index (κ1) is 22.2. The molecule has 6 nitrogen and oxygen atoms in total. The topological polar surface area (TPSA) is 101 Å². The van der Waals surface area contributed by atoms with E-state index in [0.29, 0.717) is 19.3 Å². The Morgan fingerprint density at radius 2 is 1.73 bits per heavy atom. The number of rotatable bonds is 9. The lowest BCUT2D eigenvalue weighted by molar-refractivity contribution is -0.142. The van der Waals surface area contributed by atoms with E-state index in [-0.39, 0.29) is 28.4 Å². The fourth-order valence-electron chi connectivity index (χ4n) is 2.39. The summed E-state index contributed by atoms with van der Waals surface area (Å²) in [7, 11) is -3.23. The summed E-state index contributed by atoms with van der Waals surface area (Å²) in [5, 5.41) is 11.8. The van der Waals surface area contributed by atoms with Gasteiger partial charge in [-0.3, -0.25) is 4.79 Å². The van der Waals surface area contributed by atoms with Crippen LogP contribution in [0.25, 0.3) is 0 Å². The number of aliphatic carboxylic acids is 1. The second kappa shape index (κ2) is 9.16. The molecule has 1 aromatic carbocycles. The minimum absolute atomic E-state index is 0.000993. The molecule has 146 valence electrons. The smallest absolute Gasteiger partial charge is 0.326 e. The van der Waals surface area contributed by atoms with Crippen molar-refractivity contribution >= 4 is 21.7 Å². The average Bonchev–Trinajstić information content (AvgIpc) is 2.56. The Balaban J connectivity index is 2.58. The van der Waals surface area contributed by atoms with Crippen molar-refractivity contribution in [2.45, 2.75) is 64.3 Å². The Kier molecular flexibility index (Phi) is 7.81. The van der Waals surface area contributed by atoms with Crippen LogP contribution in [-0.4, -0.2) is 37.2 Å². The monoisotopic (exact) mass is 383 g/mol. The highest BCUT2D eigenvalue weighted by Crippen LogP contribution is 2.21. The summed E-state index contributed by atoms with van der Waals surface area (Å²) in [5.74, 6) is -1.31. The largest absolute Gasteiger partial charge is 0.480 e. The molecule has 0 saturated heterocycles. The van der Waals surface area contributed by atoms with Gasteiger partial charge in [0, 0.05) is 6.42 Å². The van der Waals surface area contributed by atoms with Gasteiger partial charge in [0.15, 0.2) is 9.84 Å². The van der Waals surface area contributed by atoms with E-state index < -0.39 is 21.8 Å². The maximum absolute atomic E-state index is 12.1. The normalized spacial score (nSPS) is 13.2. The van der Waals surface area contributed by atoms with Gasteiger partial charge in [-0.25, -0.2) is 13.2 Å². The van der Waals surface area contributed by atoms with Gasteiger partial charge in [0.1, 0.15) is 6.04 Å². The lowest BCUT2D eigenvalue weighted by Gasteiger charge is -2.21. The third kappa shape index (κ3) is 7.56. The van der Waals surface area contributed by atoms with Crippen LogP contribution in [0.15, 0.2) is 29.2 Å². The van der Waals surface area contributed by atoms with Crippen molar-refractivity contribution in [3.05, 3.63) is 29.8 Å². The predicted molar refractivity (Wildman–Crippen MR) is 101 cm³/mol. The van der Waals surface area contributed by atoms with Gasteiger partial charge in [-0.1, -0.05) is 39.8 Å². The number of hydrogen-bond donors (Lipinski definition) is 2.